The van der Waals surface area contributed by atoms with E-state index in [4.69, 9.17) is 4.74 Å². The Kier molecular flexibility index (Phi) is 11.4. The Morgan fingerprint density at radius 3 is 2.24 bits per heavy atom. The molecule has 1 aromatic carbocycles. The molecule has 1 atom stereocenters. The first-order valence-electron chi connectivity index (χ1n) is 9.70. The Morgan fingerprint density at radius 1 is 0.920 bits per heavy atom. The lowest BCUT2D eigenvalue weighted by molar-refractivity contribution is -0.151. The first-order chi connectivity index (χ1) is 12.2. The summed E-state index contributed by atoms with van der Waals surface area (Å²) in [6, 6.07) is 9.15. The molecule has 1 rings (SSSR count). The Balaban J connectivity index is 2.35. The summed E-state index contributed by atoms with van der Waals surface area (Å²) in [6.07, 6.45) is 9.62. The highest BCUT2D eigenvalue weighted by Crippen LogP contribution is 2.15. The van der Waals surface area contributed by atoms with Crippen molar-refractivity contribution in [3.8, 4) is 0 Å². The number of nitrogens with one attached hydrogen (secondary N) is 1. The Hall–Kier alpha value is -1.84. The van der Waals surface area contributed by atoms with Gasteiger partial charge in [0.1, 0.15) is 12.5 Å². The Labute approximate surface area is 152 Å². The van der Waals surface area contributed by atoms with Crippen molar-refractivity contribution in [2.75, 3.05) is 5.32 Å². The zero-order chi connectivity index (χ0) is 18.3. The molecular formula is C21H33NO3. The maximum Gasteiger partial charge on any atom is 0.315 e. The van der Waals surface area contributed by atoms with Crippen LogP contribution < -0.4 is 5.32 Å². The van der Waals surface area contributed by atoms with E-state index in [1.54, 1.807) is 12.1 Å². The molecule has 1 aromatic rings. The van der Waals surface area contributed by atoms with Crippen molar-refractivity contribution >= 4 is 17.6 Å². The summed E-state index contributed by atoms with van der Waals surface area (Å²) >= 11 is 0. The number of para-hydroxylation sites is 1. The molecule has 4 heteroatoms. The second-order valence-electron chi connectivity index (χ2n) is 6.55. The molecule has 0 aliphatic rings. The zero-order valence-electron chi connectivity index (χ0n) is 15.8. The second-order valence-corrected chi connectivity index (χ2v) is 6.55. The van der Waals surface area contributed by atoms with Gasteiger partial charge in [0.2, 0.25) is 5.91 Å². The van der Waals surface area contributed by atoms with Crippen molar-refractivity contribution in [2.24, 2.45) is 0 Å². The lowest BCUT2D eigenvalue weighted by Gasteiger charge is -2.17. The van der Waals surface area contributed by atoms with E-state index >= 15 is 0 Å². The molecule has 25 heavy (non-hydrogen) atoms. The van der Waals surface area contributed by atoms with Crippen molar-refractivity contribution in [1.29, 1.82) is 0 Å². The normalized spacial score (nSPS) is 11.8. The van der Waals surface area contributed by atoms with Gasteiger partial charge in [-0.1, -0.05) is 70.6 Å². The lowest BCUT2D eigenvalue weighted by atomic mass is 10.0. The smallest absolute Gasteiger partial charge is 0.315 e. The number of esters is 1. The van der Waals surface area contributed by atoms with E-state index in [1.165, 1.54) is 25.7 Å². The molecule has 0 aliphatic carbocycles. The molecular weight excluding hydrogens is 314 g/mol. The summed E-state index contributed by atoms with van der Waals surface area (Å²) in [6.45, 7) is 4.33. The molecule has 140 valence electrons. The van der Waals surface area contributed by atoms with Crippen molar-refractivity contribution in [3.63, 3.8) is 0 Å². The van der Waals surface area contributed by atoms with Gasteiger partial charge >= 0.3 is 5.97 Å². The molecule has 0 radical (unpaired) electrons. The van der Waals surface area contributed by atoms with Crippen LogP contribution in [0, 0.1) is 0 Å². The van der Waals surface area contributed by atoms with E-state index in [-0.39, 0.29) is 18.4 Å². The maximum absolute atomic E-state index is 12.1. The lowest BCUT2D eigenvalue weighted by Crippen LogP contribution is -2.23. The minimum atomic E-state index is -0.428. The van der Waals surface area contributed by atoms with Crippen molar-refractivity contribution < 1.29 is 14.3 Å². The van der Waals surface area contributed by atoms with E-state index < -0.39 is 5.97 Å². The molecule has 0 fully saturated rings. The van der Waals surface area contributed by atoms with Gasteiger partial charge in [-0.25, -0.2) is 0 Å². The maximum atomic E-state index is 12.1. The van der Waals surface area contributed by atoms with Gasteiger partial charge in [-0.3, -0.25) is 9.59 Å². The topological polar surface area (TPSA) is 55.4 Å². The molecule has 1 N–H and O–H groups in total. The third-order valence-electron chi connectivity index (χ3n) is 4.17. The van der Waals surface area contributed by atoms with Crippen LogP contribution >= 0.6 is 0 Å². The van der Waals surface area contributed by atoms with Gasteiger partial charge in [-0.2, -0.15) is 0 Å². The van der Waals surface area contributed by atoms with Gasteiger partial charge in [0.05, 0.1) is 0 Å². The largest absolute Gasteiger partial charge is 0.462 e. The number of rotatable bonds is 13. The predicted molar refractivity (Wildman–Crippen MR) is 102 cm³/mol. The second kappa shape index (κ2) is 13.5. The van der Waals surface area contributed by atoms with E-state index in [0.717, 1.165) is 32.1 Å². The molecule has 0 saturated carbocycles. The van der Waals surface area contributed by atoms with Gasteiger partial charge < -0.3 is 10.1 Å². The van der Waals surface area contributed by atoms with Crippen LogP contribution in [0.15, 0.2) is 30.3 Å². The number of anilines is 1. The van der Waals surface area contributed by atoms with E-state index in [0.29, 0.717) is 5.69 Å². The summed E-state index contributed by atoms with van der Waals surface area (Å²) in [5.74, 6) is -0.753. The molecule has 0 spiro atoms. The van der Waals surface area contributed by atoms with E-state index in [2.05, 4.69) is 19.2 Å². The van der Waals surface area contributed by atoms with Crippen LogP contribution in [0.5, 0.6) is 0 Å². The summed E-state index contributed by atoms with van der Waals surface area (Å²) in [5.41, 5.74) is 0.693. The number of unbranched alkanes of at least 4 members (excludes halogenated alkanes) is 5. The molecule has 4 nitrogen and oxygen atoms in total. The fraction of sp³-hybridized carbons (Fsp3) is 0.619. The van der Waals surface area contributed by atoms with Gasteiger partial charge in [0, 0.05) is 5.69 Å². The molecule has 0 aliphatic heterocycles. The summed E-state index contributed by atoms with van der Waals surface area (Å²) in [5, 5.41) is 2.72. The van der Waals surface area contributed by atoms with Crippen LogP contribution in [0.4, 0.5) is 5.69 Å². The Bertz CT molecular complexity index is 487. The summed E-state index contributed by atoms with van der Waals surface area (Å²) in [4.78, 5) is 24.0. The number of hydrogen-bond donors (Lipinski definition) is 1. The third kappa shape index (κ3) is 10.6. The summed E-state index contributed by atoms with van der Waals surface area (Å²) in [7, 11) is 0. The molecule has 0 aromatic heterocycles. The average molecular weight is 347 g/mol. The number of carbonyl (C=O) groups is 2. The molecule has 1 unspecified atom stereocenters. The molecule has 0 saturated heterocycles. The van der Waals surface area contributed by atoms with E-state index in [9.17, 15) is 9.59 Å². The molecule has 0 bridgehead atoms. The molecule has 1 amide bonds. The van der Waals surface area contributed by atoms with Crippen molar-refractivity contribution in [2.45, 2.75) is 84.2 Å². The van der Waals surface area contributed by atoms with Crippen LogP contribution in [0.2, 0.25) is 0 Å². The fourth-order valence-corrected chi connectivity index (χ4v) is 2.75. The highest BCUT2D eigenvalue weighted by molar-refractivity contribution is 6.01. The predicted octanol–water partition coefficient (Wildman–Crippen LogP) is 5.48. The average Bonchev–Trinajstić information content (AvgIpc) is 2.59. The van der Waals surface area contributed by atoms with Crippen LogP contribution in [0.25, 0.3) is 0 Å². The van der Waals surface area contributed by atoms with Crippen molar-refractivity contribution in [3.05, 3.63) is 30.3 Å². The SMILES string of the molecule is CCCCCCCC(CCCC)OC(=O)CC(=O)Nc1ccccc1. The van der Waals surface area contributed by atoms with Gasteiger partial charge in [0.25, 0.3) is 0 Å². The Morgan fingerprint density at radius 2 is 1.56 bits per heavy atom. The first-order valence-corrected chi connectivity index (χ1v) is 9.70. The quantitative estimate of drug-likeness (QED) is 0.292. The van der Waals surface area contributed by atoms with Crippen molar-refractivity contribution in [1.82, 2.24) is 0 Å². The third-order valence-corrected chi connectivity index (χ3v) is 4.17. The fourth-order valence-electron chi connectivity index (χ4n) is 2.75. The number of amides is 1. The highest BCUT2D eigenvalue weighted by Gasteiger charge is 2.17. The minimum Gasteiger partial charge on any atom is -0.462 e. The zero-order valence-corrected chi connectivity index (χ0v) is 15.8. The van der Waals surface area contributed by atoms with Crippen LogP contribution in [-0.2, 0) is 14.3 Å². The monoisotopic (exact) mass is 347 g/mol. The number of carbonyl (C=O) groups excluding carboxylic acids is 2. The number of ether oxygens (including phenoxy) is 1. The van der Waals surface area contributed by atoms with Gasteiger partial charge in [-0.15, -0.1) is 0 Å². The first kappa shape index (κ1) is 21.2. The van der Waals surface area contributed by atoms with Gasteiger partial charge in [-0.05, 0) is 31.4 Å². The summed E-state index contributed by atoms with van der Waals surface area (Å²) < 4.78 is 5.57. The van der Waals surface area contributed by atoms with Crippen LogP contribution in [-0.4, -0.2) is 18.0 Å². The number of hydrogen-bond acceptors (Lipinski definition) is 3. The van der Waals surface area contributed by atoms with E-state index in [1.807, 2.05) is 18.2 Å². The number of benzene rings is 1. The van der Waals surface area contributed by atoms with Crippen LogP contribution in [0.3, 0.4) is 0 Å². The minimum absolute atomic E-state index is 0.0569. The standard InChI is InChI=1S/C21H33NO3/c1-3-5-7-8-12-16-19(15-6-4-2)25-21(24)17-20(23)22-18-13-10-9-11-14-18/h9-11,13-14,19H,3-8,12,15-17H2,1-2H3,(H,22,23). The van der Waals surface area contributed by atoms with Gasteiger partial charge in [0.15, 0.2) is 0 Å². The highest BCUT2D eigenvalue weighted by atomic mass is 16.5. The molecule has 0 heterocycles. The van der Waals surface area contributed by atoms with Crippen LogP contribution in [0.1, 0.15) is 78.1 Å².